The zero-order valence-electron chi connectivity index (χ0n) is 7.18. The third-order valence-corrected chi connectivity index (χ3v) is 1.44. The summed E-state index contributed by atoms with van der Waals surface area (Å²) in [6.45, 7) is -0.0128. The molecule has 0 aliphatic carbocycles. The Balaban J connectivity index is 0.00000169. The Hall–Kier alpha value is -1.62. The SMILES string of the molecule is NC(=O)C[n+]1cccc(C(=O)O)c1.[Cl-]. The molecule has 0 fully saturated rings. The van der Waals surface area contributed by atoms with E-state index in [9.17, 15) is 9.59 Å². The fourth-order valence-corrected chi connectivity index (χ4v) is 0.927. The van der Waals surface area contributed by atoms with Gasteiger partial charge in [-0.25, -0.2) is 4.79 Å². The standard InChI is InChI=1S/C8H8N2O3.ClH/c9-7(11)5-10-3-1-2-6(4-10)8(12)13;/h1-4H,5H2,(H2-,9,11,12,13);1H. The van der Waals surface area contributed by atoms with Gasteiger partial charge in [-0.1, -0.05) is 0 Å². The van der Waals surface area contributed by atoms with Crippen LogP contribution >= 0.6 is 0 Å². The van der Waals surface area contributed by atoms with Crippen molar-refractivity contribution < 1.29 is 31.7 Å². The fourth-order valence-electron chi connectivity index (χ4n) is 0.927. The number of primary amides is 1. The zero-order valence-corrected chi connectivity index (χ0v) is 7.94. The van der Waals surface area contributed by atoms with E-state index >= 15 is 0 Å². The molecule has 3 N–H and O–H groups in total. The maximum atomic E-state index is 10.5. The van der Waals surface area contributed by atoms with Crippen molar-refractivity contribution in [2.75, 3.05) is 0 Å². The Morgan fingerprint density at radius 1 is 1.50 bits per heavy atom. The number of halogens is 1. The molecular weight excluding hydrogens is 208 g/mol. The van der Waals surface area contributed by atoms with Crippen LogP contribution in [0.5, 0.6) is 0 Å². The predicted molar refractivity (Wildman–Crippen MR) is 42.8 cm³/mol. The number of aromatic carboxylic acids is 1. The zero-order chi connectivity index (χ0) is 9.84. The summed E-state index contributed by atoms with van der Waals surface area (Å²) < 4.78 is 1.42. The van der Waals surface area contributed by atoms with Crippen molar-refractivity contribution in [1.82, 2.24) is 0 Å². The number of amides is 1. The molecule has 1 aromatic rings. The van der Waals surface area contributed by atoms with E-state index in [4.69, 9.17) is 10.8 Å². The van der Waals surface area contributed by atoms with Gasteiger partial charge in [0.05, 0.1) is 0 Å². The maximum Gasteiger partial charge on any atom is 0.341 e. The third-order valence-electron chi connectivity index (χ3n) is 1.44. The van der Waals surface area contributed by atoms with Gasteiger partial charge in [-0.3, -0.25) is 4.79 Å². The van der Waals surface area contributed by atoms with Crippen molar-refractivity contribution in [3.63, 3.8) is 0 Å². The van der Waals surface area contributed by atoms with Crippen molar-refractivity contribution in [1.29, 1.82) is 0 Å². The average molecular weight is 217 g/mol. The lowest BCUT2D eigenvalue weighted by Gasteiger charge is -1.93. The van der Waals surface area contributed by atoms with E-state index in [-0.39, 0.29) is 24.5 Å². The molecule has 1 aromatic heterocycles. The number of nitrogens with zero attached hydrogens (tertiary/aromatic N) is 1. The first-order valence-electron chi connectivity index (χ1n) is 3.60. The van der Waals surface area contributed by atoms with Crippen molar-refractivity contribution in [3.05, 3.63) is 30.1 Å². The molecule has 0 aliphatic heterocycles. The first kappa shape index (κ1) is 12.4. The summed E-state index contributed by atoms with van der Waals surface area (Å²) in [5, 5.41) is 8.61. The summed E-state index contributed by atoms with van der Waals surface area (Å²) in [6.07, 6.45) is 2.93. The molecule has 14 heavy (non-hydrogen) atoms. The molecule has 76 valence electrons. The van der Waals surface area contributed by atoms with E-state index in [1.165, 1.54) is 16.8 Å². The van der Waals surface area contributed by atoms with Gasteiger partial charge in [0.1, 0.15) is 5.56 Å². The molecule has 1 heterocycles. The molecule has 6 heteroatoms. The smallest absolute Gasteiger partial charge is 0.341 e. The molecule has 1 amide bonds. The second-order valence-electron chi connectivity index (χ2n) is 2.54. The van der Waals surface area contributed by atoms with Crippen molar-refractivity contribution in [2.24, 2.45) is 5.73 Å². The number of aromatic nitrogens is 1. The quantitative estimate of drug-likeness (QED) is 0.508. The number of carbonyl (C=O) groups is 2. The second-order valence-corrected chi connectivity index (χ2v) is 2.54. The Morgan fingerprint density at radius 3 is 2.64 bits per heavy atom. The molecule has 5 nitrogen and oxygen atoms in total. The van der Waals surface area contributed by atoms with Crippen LogP contribution in [0.25, 0.3) is 0 Å². The first-order valence-corrected chi connectivity index (χ1v) is 3.60. The lowest BCUT2D eigenvalue weighted by molar-refractivity contribution is -0.684. The highest BCUT2D eigenvalue weighted by molar-refractivity contribution is 5.86. The fraction of sp³-hybridized carbons (Fsp3) is 0.125. The minimum absolute atomic E-state index is 0. The number of carbonyl (C=O) groups excluding carboxylic acids is 1. The summed E-state index contributed by atoms with van der Waals surface area (Å²) in [5.74, 6) is -1.54. The highest BCUT2D eigenvalue weighted by atomic mass is 35.5. The van der Waals surface area contributed by atoms with E-state index in [0.29, 0.717) is 0 Å². The van der Waals surface area contributed by atoms with Gasteiger partial charge in [0, 0.05) is 6.07 Å². The topological polar surface area (TPSA) is 84.3 Å². The molecule has 1 rings (SSSR count). The van der Waals surface area contributed by atoms with Crippen LogP contribution in [0, 0.1) is 0 Å². The monoisotopic (exact) mass is 216 g/mol. The van der Waals surface area contributed by atoms with Crippen LogP contribution in [0.15, 0.2) is 24.5 Å². The largest absolute Gasteiger partial charge is 1.00 e. The Bertz CT molecular complexity index is 354. The van der Waals surface area contributed by atoms with E-state index in [1.54, 1.807) is 12.3 Å². The van der Waals surface area contributed by atoms with Crippen molar-refractivity contribution in [2.45, 2.75) is 6.54 Å². The maximum absolute atomic E-state index is 10.5. The van der Waals surface area contributed by atoms with Crippen LogP contribution in [-0.2, 0) is 11.3 Å². The molecule has 0 aliphatic rings. The van der Waals surface area contributed by atoms with E-state index < -0.39 is 11.9 Å². The van der Waals surface area contributed by atoms with E-state index in [1.807, 2.05) is 0 Å². The van der Waals surface area contributed by atoms with Gasteiger partial charge in [-0.15, -0.1) is 0 Å². The predicted octanol–water partition coefficient (Wildman–Crippen LogP) is -3.84. The van der Waals surface area contributed by atoms with Crippen LogP contribution < -0.4 is 22.7 Å². The molecule has 0 atom stereocenters. The normalized spacial score (nSPS) is 8.86. The number of rotatable bonds is 3. The van der Waals surface area contributed by atoms with Gasteiger partial charge < -0.3 is 23.2 Å². The average Bonchev–Trinajstić information content (AvgIpc) is 2.03. The summed E-state index contributed by atoms with van der Waals surface area (Å²) in [5.41, 5.74) is 5.07. The van der Waals surface area contributed by atoms with Gasteiger partial charge in [-0.05, 0) is 6.07 Å². The highest BCUT2D eigenvalue weighted by Gasteiger charge is 2.09. The molecule has 0 unspecified atom stereocenters. The molecule has 0 aromatic carbocycles. The number of pyridine rings is 1. The summed E-state index contributed by atoms with van der Waals surface area (Å²) in [4.78, 5) is 21.0. The number of carboxylic acid groups (broad SMARTS) is 1. The van der Waals surface area contributed by atoms with Crippen molar-refractivity contribution in [3.8, 4) is 0 Å². The summed E-state index contributed by atoms with van der Waals surface area (Å²) in [6, 6.07) is 2.99. The highest BCUT2D eigenvalue weighted by Crippen LogP contribution is 1.92. The lowest BCUT2D eigenvalue weighted by atomic mass is 10.3. The Labute approximate surface area is 86.6 Å². The van der Waals surface area contributed by atoms with E-state index in [0.717, 1.165) is 0 Å². The van der Waals surface area contributed by atoms with Gasteiger partial charge in [0.2, 0.25) is 6.54 Å². The van der Waals surface area contributed by atoms with Crippen molar-refractivity contribution >= 4 is 11.9 Å². The number of hydrogen-bond acceptors (Lipinski definition) is 2. The first-order chi connectivity index (χ1) is 6.09. The molecule has 0 radical (unpaired) electrons. The minimum Gasteiger partial charge on any atom is -1.00 e. The third kappa shape index (κ3) is 3.40. The molecule has 0 bridgehead atoms. The summed E-state index contributed by atoms with van der Waals surface area (Å²) >= 11 is 0. The number of carboxylic acids is 1. The summed E-state index contributed by atoms with van der Waals surface area (Å²) in [7, 11) is 0. The van der Waals surface area contributed by atoms with Gasteiger partial charge in [0.15, 0.2) is 12.4 Å². The Kier molecular flexibility index (Phi) is 4.58. The number of nitrogens with two attached hydrogens (primary N) is 1. The van der Waals surface area contributed by atoms with Crippen LogP contribution in [-0.4, -0.2) is 17.0 Å². The van der Waals surface area contributed by atoms with Crippen LogP contribution in [0.1, 0.15) is 10.4 Å². The van der Waals surface area contributed by atoms with Crippen LogP contribution in [0.3, 0.4) is 0 Å². The molecular formula is C8H9ClN2O3. The van der Waals surface area contributed by atoms with Crippen LogP contribution in [0.4, 0.5) is 0 Å². The van der Waals surface area contributed by atoms with Gasteiger partial charge in [0.25, 0.3) is 5.91 Å². The molecule has 0 saturated heterocycles. The van der Waals surface area contributed by atoms with Gasteiger partial charge in [-0.2, -0.15) is 4.57 Å². The minimum atomic E-state index is -1.03. The molecule has 0 saturated carbocycles. The van der Waals surface area contributed by atoms with Crippen LogP contribution in [0.2, 0.25) is 0 Å². The molecule has 0 spiro atoms. The second kappa shape index (κ2) is 5.18. The van der Waals surface area contributed by atoms with Gasteiger partial charge >= 0.3 is 5.97 Å². The van der Waals surface area contributed by atoms with E-state index in [2.05, 4.69) is 0 Å². The lowest BCUT2D eigenvalue weighted by Crippen LogP contribution is -3.00. The number of hydrogen-bond donors (Lipinski definition) is 2. The Morgan fingerprint density at radius 2 is 2.14 bits per heavy atom.